The average Bonchev–Trinajstić information content (AvgIpc) is 2.90. The molecule has 0 saturated carbocycles. The van der Waals surface area contributed by atoms with Crippen LogP contribution >= 0.6 is 0 Å². The molecule has 0 radical (unpaired) electrons. The molecule has 0 unspecified atom stereocenters. The van der Waals surface area contributed by atoms with Gasteiger partial charge in [-0.15, -0.1) is 0 Å². The van der Waals surface area contributed by atoms with E-state index in [-0.39, 0.29) is 11.4 Å². The molecule has 0 aliphatic carbocycles. The topological polar surface area (TPSA) is 74.3 Å². The van der Waals surface area contributed by atoms with Crippen molar-refractivity contribution in [1.29, 1.82) is 5.26 Å². The molecule has 2 aromatic rings. The van der Waals surface area contributed by atoms with Crippen LogP contribution in [0.25, 0.3) is 0 Å². The molecule has 0 atom stereocenters. The molecule has 8 heteroatoms. The van der Waals surface area contributed by atoms with Crippen LogP contribution < -0.4 is 16.1 Å². The van der Waals surface area contributed by atoms with Gasteiger partial charge in [-0.1, -0.05) is 12.1 Å². The Morgan fingerprint density at radius 3 is 2.41 bits per heavy atom. The van der Waals surface area contributed by atoms with Gasteiger partial charge >= 0.3 is 5.69 Å². The molecule has 3 rings (SSSR count). The number of aromatic nitrogens is 2. The summed E-state index contributed by atoms with van der Waals surface area (Å²) in [6.07, 6.45) is 0.829. The lowest BCUT2D eigenvalue weighted by atomic mass is 10.2. The minimum atomic E-state index is -0.567. The molecular weight excluding hydrogens is 349 g/mol. The average molecular weight is 371 g/mol. The lowest BCUT2D eigenvalue weighted by Crippen LogP contribution is -2.43. The molecule has 1 saturated heterocycles. The molecular formula is C19H22FN5O2. The van der Waals surface area contributed by atoms with Gasteiger partial charge in [0.25, 0.3) is 5.56 Å². The normalized spacial score (nSPS) is 15.4. The van der Waals surface area contributed by atoms with E-state index < -0.39 is 11.2 Å². The fourth-order valence-corrected chi connectivity index (χ4v) is 3.49. The summed E-state index contributed by atoms with van der Waals surface area (Å²) in [7, 11) is 2.96. The molecule has 0 amide bonds. The summed E-state index contributed by atoms with van der Waals surface area (Å²) in [5.74, 6) is 0.130. The molecule has 1 fully saturated rings. The predicted octanol–water partition coefficient (Wildman–Crippen LogP) is 0.807. The van der Waals surface area contributed by atoms with Gasteiger partial charge in [-0.05, 0) is 24.1 Å². The van der Waals surface area contributed by atoms with Gasteiger partial charge < -0.3 is 4.90 Å². The van der Waals surface area contributed by atoms with E-state index >= 15 is 0 Å². The molecule has 0 spiro atoms. The Balaban J connectivity index is 1.83. The Kier molecular flexibility index (Phi) is 5.42. The third-order valence-corrected chi connectivity index (χ3v) is 4.95. The number of nitrogens with zero attached hydrogens (tertiary/aromatic N) is 5. The van der Waals surface area contributed by atoms with Gasteiger partial charge in [-0.2, -0.15) is 5.26 Å². The Labute approximate surface area is 156 Å². The van der Waals surface area contributed by atoms with E-state index in [9.17, 15) is 19.2 Å². The lowest BCUT2D eigenvalue weighted by Gasteiger charge is -2.26. The van der Waals surface area contributed by atoms with E-state index in [1.54, 1.807) is 19.2 Å². The van der Waals surface area contributed by atoms with Crippen LogP contribution in [0.3, 0.4) is 0 Å². The summed E-state index contributed by atoms with van der Waals surface area (Å²) in [5, 5.41) is 9.46. The van der Waals surface area contributed by atoms with Crippen LogP contribution in [0.4, 0.5) is 10.2 Å². The second-order valence-corrected chi connectivity index (χ2v) is 6.76. The van der Waals surface area contributed by atoms with Gasteiger partial charge in [0, 0.05) is 46.8 Å². The van der Waals surface area contributed by atoms with Crippen molar-refractivity contribution in [2.24, 2.45) is 14.1 Å². The van der Waals surface area contributed by atoms with Gasteiger partial charge in [0.15, 0.2) is 5.56 Å². The van der Waals surface area contributed by atoms with Crippen LogP contribution in [-0.2, 0) is 20.6 Å². The van der Waals surface area contributed by atoms with Gasteiger partial charge in [0.2, 0.25) is 0 Å². The highest BCUT2D eigenvalue weighted by atomic mass is 19.1. The summed E-state index contributed by atoms with van der Waals surface area (Å²) in [5.41, 5.74) is 0.0135. The third-order valence-electron chi connectivity index (χ3n) is 4.95. The Hall–Kier alpha value is -2.92. The van der Waals surface area contributed by atoms with Crippen LogP contribution in [0.2, 0.25) is 0 Å². The fraction of sp³-hybridized carbons (Fsp3) is 0.421. The summed E-state index contributed by atoms with van der Waals surface area (Å²) in [6, 6.07) is 8.42. The van der Waals surface area contributed by atoms with E-state index in [0.29, 0.717) is 32.0 Å². The first-order chi connectivity index (χ1) is 12.9. The lowest BCUT2D eigenvalue weighted by molar-refractivity contribution is 0.285. The zero-order valence-corrected chi connectivity index (χ0v) is 15.5. The van der Waals surface area contributed by atoms with E-state index in [1.807, 2.05) is 11.0 Å². The number of anilines is 1. The Bertz CT molecular complexity index is 987. The SMILES string of the molecule is Cn1c(N2CCCN(Cc3ccc(F)cc3)CC2)c(C#N)c(=O)n(C)c1=O. The van der Waals surface area contributed by atoms with Crippen LogP contribution in [0.5, 0.6) is 0 Å². The first-order valence-electron chi connectivity index (χ1n) is 8.84. The number of nitriles is 1. The summed E-state index contributed by atoms with van der Waals surface area (Å²) in [6.45, 7) is 3.50. The van der Waals surface area contributed by atoms with Gasteiger partial charge in [0.05, 0.1) is 0 Å². The second-order valence-electron chi connectivity index (χ2n) is 6.76. The van der Waals surface area contributed by atoms with Crippen molar-refractivity contribution in [3.8, 4) is 6.07 Å². The second kappa shape index (κ2) is 7.76. The maximum atomic E-state index is 13.1. The molecule has 2 heterocycles. The predicted molar refractivity (Wildman–Crippen MR) is 100 cm³/mol. The number of hydrogen-bond acceptors (Lipinski definition) is 5. The van der Waals surface area contributed by atoms with Crippen molar-refractivity contribution in [1.82, 2.24) is 14.0 Å². The van der Waals surface area contributed by atoms with Gasteiger partial charge in [-0.3, -0.25) is 18.8 Å². The molecule has 0 bridgehead atoms. The molecule has 27 heavy (non-hydrogen) atoms. The van der Waals surface area contributed by atoms with E-state index in [1.165, 1.54) is 23.7 Å². The number of benzene rings is 1. The van der Waals surface area contributed by atoms with Crippen LogP contribution in [-0.4, -0.2) is 40.2 Å². The van der Waals surface area contributed by atoms with E-state index in [2.05, 4.69) is 4.90 Å². The smallest absolute Gasteiger partial charge is 0.332 e. The fourth-order valence-electron chi connectivity index (χ4n) is 3.49. The van der Waals surface area contributed by atoms with Crippen molar-refractivity contribution >= 4 is 5.82 Å². The molecule has 1 aliphatic heterocycles. The maximum absolute atomic E-state index is 13.1. The molecule has 1 aromatic carbocycles. The van der Waals surface area contributed by atoms with Crippen molar-refractivity contribution < 1.29 is 4.39 Å². The zero-order chi connectivity index (χ0) is 19.6. The number of halogens is 1. The molecule has 7 nitrogen and oxygen atoms in total. The van der Waals surface area contributed by atoms with Gasteiger partial charge in [0.1, 0.15) is 17.7 Å². The summed E-state index contributed by atoms with van der Waals surface area (Å²) in [4.78, 5) is 28.8. The minimum Gasteiger partial charge on any atom is -0.355 e. The van der Waals surface area contributed by atoms with Crippen molar-refractivity contribution in [2.45, 2.75) is 13.0 Å². The van der Waals surface area contributed by atoms with Crippen molar-refractivity contribution in [3.05, 3.63) is 62.0 Å². The Morgan fingerprint density at radius 2 is 1.74 bits per heavy atom. The first kappa shape index (κ1) is 18.9. The zero-order valence-electron chi connectivity index (χ0n) is 15.5. The number of hydrogen-bond donors (Lipinski definition) is 0. The minimum absolute atomic E-state index is 0.00779. The van der Waals surface area contributed by atoms with Crippen molar-refractivity contribution in [3.63, 3.8) is 0 Å². The third kappa shape index (κ3) is 3.78. The quantitative estimate of drug-likeness (QED) is 0.798. The van der Waals surface area contributed by atoms with E-state index in [0.717, 1.165) is 23.1 Å². The maximum Gasteiger partial charge on any atom is 0.332 e. The number of rotatable bonds is 3. The highest BCUT2D eigenvalue weighted by Crippen LogP contribution is 2.18. The van der Waals surface area contributed by atoms with E-state index in [4.69, 9.17) is 0 Å². The molecule has 142 valence electrons. The monoisotopic (exact) mass is 371 g/mol. The van der Waals surface area contributed by atoms with Crippen LogP contribution in [0.1, 0.15) is 17.5 Å². The first-order valence-corrected chi connectivity index (χ1v) is 8.84. The largest absolute Gasteiger partial charge is 0.355 e. The van der Waals surface area contributed by atoms with Gasteiger partial charge in [-0.25, -0.2) is 9.18 Å². The molecule has 0 N–H and O–H groups in total. The Morgan fingerprint density at radius 1 is 1.04 bits per heavy atom. The van der Waals surface area contributed by atoms with Crippen LogP contribution in [0, 0.1) is 17.1 Å². The highest BCUT2D eigenvalue weighted by molar-refractivity contribution is 5.53. The molecule has 1 aromatic heterocycles. The summed E-state index contributed by atoms with van der Waals surface area (Å²) >= 11 is 0. The highest BCUT2D eigenvalue weighted by Gasteiger charge is 2.23. The van der Waals surface area contributed by atoms with Crippen molar-refractivity contribution in [2.75, 3.05) is 31.1 Å². The standard InChI is InChI=1S/C19H22FN5O2/c1-22-17(16(12-21)18(26)23(2)19(22)27)25-9-3-8-24(10-11-25)13-14-4-6-15(20)7-5-14/h4-7H,3,8-11,13H2,1-2H3. The van der Waals surface area contributed by atoms with Crippen LogP contribution in [0.15, 0.2) is 33.9 Å². The molecule has 1 aliphatic rings. The summed E-state index contributed by atoms with van der Waals surface area (Å²) < 4.78 is 15.4.